The van der Waals surface area contributed by atoms with Crippen LogP contribution in [0.15, 0.2) is 0 Å². The summed E-state index contributed by atoms with van der Waals surface area (Å²) in [5.41, 5.74) is -0.238. The second kappa shape index (κ2) is 21.9. The van der Waals surface area contributed by atoms with Gasteiger partial charge in [-0.05, 0) is 88.0 Å². The zero-order valence-electron chi connectivity index (χ0n) is 38.2. The Hall–Kier alpha value is -3.74. The van der Waals surface area contributed by atoms with Crippen molar-refractivity contribution in [3.8, 4) is 0 Å². The molecule has 8 rings (SSSR count). The molecule has 3 aliphatic carbocycles. The van der Waals surface area contributed by atoms with Gasteiger partial charge in [-0.1, -0.05) is 19.3 Å². The van der Waals surface area contributed by atoms with Gasteiger partial charge in [-0.25, -0.2) is 12.7 Å². The molecule has 0 spiro atoms. The van der Waals surface area contributed by atoms with E-state index < -0.39 is 63.6 Å². The van der Waals surface area contributed by atoms with Crippen LogP contribution in [-0.4, -0.2) is 159 Å². The lowest BCUT2D eigenvalue weighted by atomic mass is 9.70. The molecule has 8 amide bonds. The van der Waals surface area contributed by atoms with E-state index in [0.29, 0.717) is 76.1 Å². The zero-order chi connectivity index (χ0) is 47.4. The Bertz CT molecular complexity index is 2030. The van der Waals surface area contributed by atoms with Crippen molar-refractivity contribution < 1.29 is 56.2 Å². The van der Waals surface area contributed by atoms with Crippen LogP contribution in [0.2, 0.25) is 0 Å². The second-order valence-corrected chi connectivity index (χ2v) is 22.9. The number of carbonyl (C=O) groups is 8. The molecule has 5 aliphatic heterocycles. The van der Waals surface area contributed by atoms with Crippen molar-refractivity contribution in [2.45, 2.75) is 113 Å². The Morgan fingerprint density at radius 2 is 1.63 bits per heavy atom. The largest absolute Gasteiger partial charge is 0.368 e. The van der Waals surface area contributed by atoms with Crippen molar-refractivity contribution in [2.24, 2.45) is 47.3 Å². The molecule has 0 aromatic rings. The van der Waals surface area contributed by atoms with Gasteiger partial charge in [-0.3, -0.25) is 59.2 Å². The summed E-state index contributed by atoms with van der Waals surface area (Å²) in [6, 6.07) is -0.742. The van der Waals surface area contributed by atoms with Crippen molar-refractivity contribution in [3.63, 3.8) is 0 Å². The molecule has 372 valence electrons. The van der Waals surface area contributed by atoms with E-state index in [1.54, 1.807) is 11.8 Å². The lowest BCUT2D eigenvalue weighted by molar-refractivity contribution is -0.152. The first-order valence-electron chi connectivity index (χ1n) is 24.2. The van der Waals surface area contributed by atoms with Crippen LogP contribution in [0.1, 0.15) is 83.5 Å². The fourth-order valence-electron chi connectivity index (χ4n) is 11.5. The summed E-state index contributed by atoms with van der Waals surface area (Å²) in [7, 11) is -3.35. The number of likely N-dealkylation sites (tertiary alicyclic amines) is 1. The first-order valence-corrected chi connectivity index (χ1v) is 27.1. The number of piperidine rings is 2. The van der Waals surface area contributed by atoms with Crippen molar-refractivity contribution in [2.75, 3.05) is 64.5 Å². The van der Waals surface area contributed by atoms with E-state index in [2.05, 4.69) is 37.2 Å². The average Bonchev–Trinajstić information content (AvgIpc) is 3.55. The van der Waals surface area contributed by atoms with Crippen LogP contribution < -0.4 is 37.2 Å². The molecule has 0 aromatic heterocycles. The molecule has 0 aromatic carbocycles. The summed E-state index contributed by atoms with van der Waals surface area (Å²) in [6.45, 7) is 1.92. The minimum atomic E-state index is -3.35. The molecule has 5 saturated heterocycles. The van der Waals surface area contributed by atoms with E-state index in [1.807, 2.05) is 0 Å². The van der Waals surface area contributed by atoms with Crippen LogP contribution in [0.5, 0.6) is 0 Å². The zero-order valence-corrected chi connectivity index (χ0v) is 39.8. The van der Waals surface area contributed by atoms with Crippen molar-refractivity contribution in [1.82, 2.24) is 46.4 Å². The van der Waals surface area contributed by atoms with E-state index in [9.17, 15) is 46.8 Å². The number of carbonyl (C=O) groups excluding carboxylic acids is 8. The van der Waals surface area contributed by atoms with E-state index in [1.165, 1.54) is 10.7 Å². The van der Waals surface area contributed by atoms with Gasteiger partial charge in [0.1, 0.15) is 24.4 Å². The van der Waals surface area contributed by atoms with Crippen LogP contribution in [0.25, 0.3) is 0 Å². The predicted octanol–water partition coefficient (Wildman–Crippen LogP) is -1.52. The minimum Gasteiger partial charge on any atom is -0.368 e. The van der Waals surface area contributed by atoms with Crippen molar-refractivity contribution in [1.29, 1.82) is 0 Å². The van der Waals surface area contributed by atoms with Gasteiger partial charge in [0.2, 0.25) is 57.3 Å². The average molecular weight is 978 g/mol. The lowest BCUT2D eigenvalue weighted by Gasteiger charge is -2.40. The molecule has 67 heavy (non-hydrogen) atoms. The Morgan fingerprint density at radius 1 is 0.836 bits per heavy atom. The highest BCUT2D eigenvalue weighted by molar-refractivity contribution is 8.00. The van der Waals surface area contributed by atoms with Crippen LogP contribution in [0.4, 0.5) is 0 Å². The van der Waals surface area contributed by atoms with Gasteiger partial charge in [0.05, 0.1) is 43.3 Å². The number of hydrogen-bond donors (Lipinski definition) is 7. The Balaban J connectivity index is 0.674. The summed E-state index contributed by atoms with van der Waals surface area (Å²) in [6.07, 6.45) is 9.81. The van der Waals surface area contributed by atoms with E-state index in [4.69, 9.17) is 9.47 Å². The van der Waals surface area contributed by atoms with E-state index in [0.717, 1.165) is 55.6 Å². The van der Waals surface area contributed by atoms with Gasteiger partial charge in [0.25, 0.3) is 0 Å². The summed E-state index contributed by atoms with van der Waals surface area (Å²) < 4.78 is 37.0. The number of hydrogen-bond acceptors (Lipinski definition) is 15. The quantitative estimate of drug-likeness (QED) is 0.0607. The fraction of sp³-hybridized carbons (Fsp3) is 0.818. The number of nitrogens with one attached hydrogen (secondary N) is 7. The van der Waals surface area contributed by atoms with Crippen LogP contribution in [0.3, 0.4) is 0 Å². The molecule has 23 heteroatoms. The molecule has 7 N–H and O–H groups in total. The van der Waals surface area contributed by atoms with Gasteiger partial charge < -0.3 is 30.7 Å². The second-order valence-electron chi connectivity index (χ2n) is 19.8. The first kappa shape index (κ1) is 49.7. The first-order chi connectivity index (χ1) is 32.1. The molecule has 8 fully saturated rings. The molecule has 0 radical (unpaired) electrons. The van der Waals surface area contributed by atoms with Gasteiger partial charge in [-0.15, -0.1) is 11.8 Å². The number of amides is 8. The highest BCUT2D eigenvalue weighted by Crippen LogP contribution is 2.43. The van der Waals surface area contributed by atoms with Gasteiger partial charge >= 0.3 is 0 Å². The molecule has 0 bridgehead atoms. The monoisotopic (exact) mass is 977 g/mol. The lowest BCUT2D eigenvalue weighted by Crippen LogP contribution is -2.54. The predicted molar refractivity (Wildman–Crippen MR) is 241 cm³/mol. The summed E-state index contributed by atoms with van der Waals surface area (Å²) in [4.78, 5) is 103. The van der Waals surface area contributed by atoms with Crippen molar-refractivity contribution in [3.05, 3.63) is 0 Å². The summed E-state index contributed by atoms with van der Waals surface area (Å²) >= 11 is 1.66. The molecular weight excluding hydrogens is 911 g/mol. The van der Waals surface area contributed by atoms with Gasteiger partial charge in [0, 0.05) is 50.3 Å². The summed E-state index contributed by atoms with van der Waals surface area (Å²) in [5.74, 6) is -2.61. The number of thioether (sulfide) groups is 1. The number of fused-ring (bicyclic) bond motifs is 1. The number of imide groups is 2. The number of rotatable bonds is 18. The Morgan fingerprint density at radius 3 is 2.42 bits per heavy atom. The Kier molecular flexibility index (Phi) is 16.2. The molecule has 21 nitrogen and oxygen atoms in total. The third-order valence-electron chi connectivity index (χ3n) is 15.3. The molecule has 13 unspecified atom stereocenters. The molecule has 8 aliphatic rings. The SMILES string of the molecule is CS(=O)(=O)N1CCC(C(=O)NCC(=O)NC2NC(C3CCCC(C4CCNC(OCCNC(=O)C5CC5CNC(=O)COC5CCCC6C(=O)N(C7CCC(=O)NC7=O)C(=O)C56)C4)C3)CS2)C1. The van der Waals surface area contributed by atoms with Crippen molar-refractivity contribution >= 4 is 69.0 Å². The number of sulfonamides is 1. The third-order valence-corrected chi connectivity index (χ3v) is 17.7. The van der Waals surface area contributed by atoms with Gasteiger partial charge in [0.15, 0.2) is 0 Å². The van der Waals surface area contributed by atoms with Crippen LogP contribution >= 0.6 is 11.8 Å². The van der Waals surface area contributed by atoms with E-state index >= 15 is 0 Å². The smallest absolute Gasteiger partial charge is 0.249 e. The Labute approximate surface area is 395 Å². The standard InChI is InChI=1S/C44H67N9O12S2/c1-67(62,63)52-14-11-27(21-52)39(57)48-20-35(55)51-44-49-31(23-66-44)26-5-2-4-24(16-26)25-10-12-45-37(18-25)64-15-13-46-40(58)30-17-28(30)19-47-36(56)22-65-33-7-3-6-29-38(33)43(61)53(42(29)60)32-8-9-34(54)50-41(32)59/h24-33,37-38,44-45,49H,2-23H2,1H3,(H,46,58)(H,47,56)(H,48,57)(H,51,55)(H,50,54,59). The summed E-state index contributed by atoms with van der Waals surface area (Å²) in [5, 5.41) is 20.8. The number of ether oxygens (including phenoxy) is 2. The maximum absolute atomic E-state index is 13.4. The maximum Gasteiger partial charge on any atom is 0.249 e. The van der Waals surface area contributed by atoms with Gasteiger partial charge in [-0.2, -0.15) is 0 Å². The fourth-order valence-corrected chi connectivity index (χ4v) is 13.7. The topological polar surface area (TPSA) is 280 Å². The van der Waals surface area contributed by atoms with Crippen LogP contribution in [-0.2, 0) is 57.9 Å². The molecule has 5 heterocycles. The highest BCUT2D eigenvalue weighted by atomic mass is 32.2. The maximum atomic E-state index is 13.4. The number of nitrogens with zero attached hydrogens (tertiary/aromatic N) is 2. The third kappa shape index (κ3) is 12.4. The normalized spacial score (nSPS) is 35.7. The minimum absolute atomic E-state index is 0.00336. The van der Waals surface area contributed by atoms with E-state index in [-0.39, 0.29) is 85.8 Å². The highest BCUT2D eigenvalue weighted by Gasteiger charge is 2.56. The molecule has 13 atom stereocenters. The molecule has 3 saturated carbocycles. The molecular formula is C44H67N9O12S2. The van der Waals surface area contributed by atoms with Crippen LogP contribution in [0, 0.1) is 47.3 Å².